The van der Waals surface area contributed by atoms with Gasteiger partial charge in [-0.25, -0.2) is 0 Å². The van der Waals surface area contributed by atoms with Crippen molar-refractivity contribution in [3.05, 3.63) is 71.8 Å². The largest absolute Gasteiger partial charge is 0.460 e. The predicted molar refractivity (Wildman–Crippen MR) is 105 cm³/mol. The van der Waals surface area contributed by atoms with Crippen molar-refractivity contribution < 1.29 is 14.3 Å². The molecule has 0 unspecified atom stereocenters. The molecule has 0 aromatic heterocycles. The van der Waals surface area contributed by atoms with Crippen LogP contribution in [0.4, 0.5) is 0 Å². The number of likely N-dealkylation sites (tertiary alicyclic amines) is 1. The van der Waals surface area contributed by atoms with Crippen LogP contribution >= 0.6 is 0 Å². The van der Waals surface area contributed by atoms with Crippen LogP contribution in [0.3, 0.4) is 0 Å². The molecule has 0 saturated carbocycles. The maximum atomic E-state index is 12.8. The van der Waals surface area contributed by atoms with Crippen molar-refractivity contribution in [2.45, 2.75) is 32.4 Å². The third kappa shape index (κ3) is 4.64. The third-order valence-corrected chi connectivity index (χ3v) is 5.29. The average Bonchev–Trinajstić information content (AvgIpc) is 3.11. The third-order valence-electron chi connectivity index (χ3n) is 5.29. The lowest BCUT2D eigenvalue weighted by Crippen LogP contribution is -2.44. The first-order chi connectivity index (χ1) is 13.1. The van der Waals surface area contributed by atoms with Crippen LogP contribution in [0.25, 0.3) is 0 Å². The van der Waals surface area contributed by atoms with Gasteiger partial charge in [-0.05, 0) is 17.0 Å². The maximum absolute atomic E-state index is 12.8. The Kier molecular flexibility index (Phi) is 6.40. The highest BCUT2D eigenvalue weighted by Crippen LogP contribution is 2.34. The van der Waals surface area contributed by atoms with E-state index in [2.05, 4.69) is 17.0 Å². The van der Waals surface area contributed by atoms with E-state index in [4.69, 9.17) is 4.74 Å². The normalized spacial score (nSPS) is 21.1. The van der Waals surface area contributed by atoms with Gasteiger partial charge < -0.3 is 9.53 Å². The molecule has 0 aliphatic carbocycles. The lowest BCUT2D eigenvalue weighted by Gasteiger charge is -2.29. The SMILES string of the molecule is CC(C)[C@H](C(=O)OCc1ccccc1)N1C[C@H](c2ccccc2)[C@@H](C=O)C1. The van der Waals surface area contributed by atoms with Gasteiger partial charge in [0.05, 0.1) is 0 Å². The minimum atomic E-state index is -0.343. The van der Waals surface area contributed by atoms with E-state index >= 15 is 0 Å². The molecule has 3 atom stereocenters. The van der Waals surface area contributed by atoms with Crippen molar-refractivity contribution in [2.75, 3.05) is 13.1 Å². The van der Waals surface area contributed by atoms with Gasteiger partial charge in [-0.15, -0.1) is 0 Å². The lowest BCUT2D eigenvalue weighted by molar-refractivity contribution is -0.153. The molecule has 2 aromatic rings. The number of carbonyl (C=O) groups is 2. The van der Waals surface area contributed by atoms with Gasteiger partial charge >= 0.3 is 5.97 Å². The van der Waals surface area contributed by atoms with E-state index in [9.17, 15) is 9.59 Å². The van der Waals surface area contributed by atoms with Crippen LogP contribution in [0.1, 0.15) is 30.9 Å². The number of nitrogens with zero attached hydrogens (tertiary/aromatic N) is 1. The van der Waals surface area contributed by atoms with Crippen LogP contribution in [0.15, 0.2) is 60.7 Å². The summed E-state index contributed by atoms with van der Waals surface area (Å²) in [7, 11) is 0. The van der Waals surface area contributed by atoms with Crippen molar-refractivity contribution in [2.24, 2.45) is 11.8 Å². The lowest BCUT2D eigenvalue weighted by atomic mass is 9.90. The molecule has 1 saturated heterocycles. The number of carbonyl (C=O) groups excluding carboxylic acids is 2. The van der Waals surface area contributed by atoms with Crippen LogP contribution in [0, 0.1) is 11.8 Å². The molecular weight excluding hydrogens is 338 g/mol. The average molecular weight is 365 g/mol. The summed E-state index contributed by atoms with van der Waals surface area (Å²) in [4.78, 5) is 26.6. The van der Waals surface area contributed by atoms with E-state index < -0.39 is 0 Å². The van der Waals surface area contributed by atoms with Gasteiger partial charge in [0.15, 0.2) is 0 Å². The van der Waals surface area contributed by atoms with E-state index in [1.54, 1.807) is 0 Å². The summed E-state index contributed by atoms with van der Waals surface area (Å²) >= 11 is 0. The molecule has 1 fully saturated rings. The van der Waals surface area contributed by atoms with Gasteiger partial charge in [0.1, 0.15) is 18.9 Å². The molecule has 1 heterocycles. The Bertz CT molecular complexity index is 745. The van der Waals surface area contributed by atoms with E-state index in [0.29, 0.717) is 13.1 Å². The monoisotopic (exact) mass is 365 g/mol. The van der Waals surface area contributed by atoms with Crippen molar-refractivity contribution >= 4 is 12.3 Å². The number of ether oxygens (including phenoxy) is 1. The van der Waals surface area contributed by atoms with Crippen molar-refractivity contribution in [1.29, 1.82) is 0 Å². The summed E-state index contributed by atoms with van der Waals surface area (Å²) < 4.78 is 5.60. The molecule has 4 heteroatoms. The van der Waals surface area contributed by atoms with E-state index in [-0.39, 0.29) is 36.4 Å². The zero-order valence-electron chi connectivity index (χ0n) is 16.0. The number of benzene rings is 2. The van der Waals surface area contributed by atoms with Gasteiger partial charge in [0.2, 0.25) is 0 Å². The molecule has 1 aliphatic heterocycles. The fraction of sp³-hybridized carbons (Fsp3) is 0.391. The summed E-state index contributed by atoms with van der Waals surface area (Å²) in [5.41, 5.74) is 2.12. The first kappa shape index (κ1) is 19.3. The van der Waals surface area contributed by atoms with Crippen molar-refractivity contribution in [3.8, 4) is 0 Å². The standard InChI is InChI=1S/C23H27NO3/c1-17(2)22(23(26)27-16-18-9-5-3-6-10-18)24-13-20(15-25)21(14-24)19-11-7-4-8-12-19/h3-12,15,17,20-22H,13-14,16H2,1-2H3/t20-,21-,22-/m1/s1. The van der Waals surface area contributed by atoms with Crippen LogP contribution < -0.4 is 0 Å². The summed E-state index contributed by atoms with van der Waals surface area (Å²) in [5, 5.41) is 0. The van der Waals surface area contributed by atoms with Crippen molar-refractivity contribution in [3.63, 3.8) is 0 Å². The number of aldehydes is 1. The maximum Gasteiger partial charge on any atom is 0.323 e. The Morgan fingerprint density at radius 2 is 1.70 bits per heavy atom. The summed E-state index contributed by atoms with van der Waals surface area (Å²) in [5.74, 6) is -0.0928. The van der Waals surface area contributed by atoms with Crippen LogP contribution in [0.5, 0.6) is 0 Å². The Morgan fingerprint density at radius 1 is 1.07 bits per heavy atom. The zero-order chi connectivity index (χ0) is 19.2. The summed E-state index contributed by atoms with van der Waals surface area (Å²) in [6.07, 6.45) is 1.03. The minimum absolute atomic E-state index is 0.101. The van der Waals surface area contributed by atoms with Gasteiger partial charge in [-0.2, -0.15) is 0 Å². The molecule has 27 heavy (non-hydrogen) atoms. The Balaban J connectivity index is 1.71. The second kappa shape index (κ2) is 8.96. The quantitative estimate of drug-likeness (QED) is 0.555. The van der Waals surface area contributed by atoms with Crippen LogP contribution in [0.2, 0.25) is 0 Å². The molecule has 2 aromatic carbocycles. The molecule has 0 N–H and O–H groups in total. The second-order valence-electron chi connectivity index (χ2n) is 7.55. The number of rotatable bonds is 7. The molecule has 0 amide bonds. The van der Waals surface area contributed by atoms with Crippen LogP contribution in [-0.2, 0) is 20.9 Å². The van der Waals surface area contributed by atoms with Gasteiger partial charge in [-0.1, -0.05) is 74.5 Å². The van der Waals surface area contributed by atoms with E-state index in [1.807, 2.05) is 62.4 Å². The predicted octanol–water partition coefficient (Wildman–Crippen LogP) is 3.67. The molecule has 4 nitrogen and oxygen atoms in total. The number of hydrogen-bond acceptors (Lipinski definition) is 4. The summed E-state index contributed by atoms with van der Waals surface area (Å²) in [6, 6.07) is 19.4. The van der Waals surface area contributed by atoms with Crippen LogP contribution in [-0.4, -0.2) is 36.3 Å². The van der Waals surface area contributed by atoms with Gasteiger partial charge in [-0.3, -0.25) is 9.69 Å². The van der Waals surface area contributed by atoms with E-state index in [0.717, 1.165) is 17.4 Å². The van der Waals surface area contributed by atoms with Crippen molar-refractivity contribution in [1.82, 2.24) is 4.90 Å². The molecule has 3 rings (SSSR count). The Hall–Kier alpha value is -2.46. The number of esters is 1. The van der Waals surface area contributed by atoms with E-state index in [1.165, 1.54) is 0 Å². The highest BCUT2D eigenvalue weighted by molar-refractivity contribution is 5.76. The highest BCUT2D eigenvalue weighted by Gasteiger charge is 2.41. The molecule has 1 aliphatic rings. The molecule has 0 spiro atoms. The number of hydrogen-bond donors (Lipinski definition) is 0. The Morgan fingerprint density at radius 3 is 2.30 bits per heavy atom. The zero-order valence-corrected chi connectivity index (χ0v) is 16.0. The Labute approximate surface area is 161 Å². The summed E-state index contributed by atoms with van der Waals surface area (Å²) in [6.45, 7) is 5.61. The second-order valence-corrected chi connectivity index (χ2v) is 7.55. The first-order valence-corrected chi connectivity index (χ1v) is 9.55. The smallest absolute Gasteiger partial charge is 0.323 e. The van der Waals surface area contributed by atoms with Gasteiger partial charge in [0, 0.05) is 24.9 Å². The van der Waals surface area contributed by atoms with Gasteiger partial charge in [0.25, 0.3) is 0 Å². The fourth-order valence-corrected chi connectivity index (χ4v) is 3.94. The highest BCUT2D eigenvalue weighted by atomic mass is 16.5. The minimum Gasteiger partial charge on any atom is -0.460 e. The molecule has 142 valence electrons. The molecule has 0 radical (unpaired) electrons. The first-order valence-electron chi connectivity index (χ1n) is 9.55. The topological polar surface area (TPSA) is 46.6 Å². The fourth-order valence-electron chi connectivity index (χ4n) is 3.94. The molecule has 0 bridgehead atoms. The molecular formula is C23H27NO3.